The van der Waals surface area contributed by atoms with Crippen LogP contribution in [0.3, 0.4) is 0 Å². The van der Waals surface area contributed by atoms with Crippen molar-refractivity contribution in [2.75, 3.05) is 5.73 Å². The zero-order valence-corrected chi connectivity index (χ0v) is 9.75. The van der Waals surface area contributed by atoms with Crippen molar-refractivity contribution in [3.63, 3.8) is 0 Å². The van der Waals surface area contributed by atoms with Crippen LogP contribution >= 0.6 is 11.3 Å². The molecular formula is C12H12N2OS. The summed E-state index contributed by atoms with van der Waals surface area (Å²) < 4.78 is 0. The standard InChI is InChI=1S/C12H12N2OS/c1-8-7-14-12(16-8)6-11(15)9-2-4-10(13)5-3-9/h2-5,7H,6,13H2,1H3. The van der Waals surface area contributed by atoms with Gasteiger partial charge in [-0.05, 0) is 31.2 Å². The van der Waals surface area contributed by atoms with Crippen LogP contribution in [0.5, 0.6) is 0 Å². The van der Waals surface area contributed by atoms with Gasteiger partial charge >= 0.3 is 0 Å². The van der Waals surface area contributed by atoms with Gasteiger partial charge in [-0.15, -0.1) is 11.3 Å². The first-order valence-corrected chi connectivity index (χ1v) is 5.77. The first-order chi connectivity index (χ1) is 7.65. The van der Waals surface area contributed by atoms with E-state index in [1.165, 1.54) is 0 Å². The molecule has 0 bridgehead atoms. The van der Waals surface area contributed by atoms with Crippen molar-refractivity contribution in [2.24, 2.45) is 0 Å². The molecule has 1 heterocycles. The molecule has 1 aromatic carbocycles. The van der Waals surface area contributed by atoms with Crippen LogP contribution in [0.1, 0.15) is 20.2 Å². The summed E-state index contributed by atoms with van der Waals surface area (Å²) in [7, 11) is 0. The van der Waals surface area contributed by atoms with E-state index in [1.54, 1.807) is 41.8 Å². The smallest absolute Gasteiger partial charge is 0.169 e. The average molecular weight is 232 g/mol. The van der Waals surface area contributed by atoms with Crippen molar-refractivity contribution >= 4 is 22.8 Å². The van der Waals surface area contributed by atoms with E-state index in [1.807, 2.05) is 6.92 Å². The number of carbonyl (C=O) groups excluding carboxylic acids is 1. The third-order valence-corrected chi connectivity index (χ3v) is 3.13. The zero-order valence-electron chi connectivity index (χ0n) is 8.93. The lowest BCUT2D eigenvalue weighted by Crippen LogP contribution is -2.03. The highest BCUT2D eigenvalue weighted by atomic mass is 32.1. The zero-order chi connectivity index (χ0) is 11.5. The van der Waals surface area contributed by atoms with Gasteiger partial charge in [0, 0.05) is 22.3 Å². The Morgan fingerprint density at radius 2 is 2.06 bits per heavy atom. The predicted octanol–water partition coefficient (Wildman–Crippen LogP) is 2.46. The molecule has 82 valence electrons. The van der Waals surface area contributed by atoms with Crippen LogP contribution in [0.4, 0.5) is 5.69 Å². The lowest BCUT2D eigenvalue weighted by molar-refractivity contribution is 0.0993. The number of hydrogen-bond donors (Lipinski definition) is 1. The molecule has 0 aliphatic rings. The predicted molar refractivity (Wildman–Crippen MR) is 65.7 cm³/mol. The minimum Gasteiger partial charge on any atom is -0.399 e. The molecule has 2 rings (SSSR count). The number of nitrogens with two attached hydrogens (primary N) is 1. The number of rotatable bonds is 3. The van der Waals surface area contributed by atoms with E-state index in [9.17, 15) is 4.79 Å². The van der Waals surface area contributed by atoms with Crippen molar-refractivity contribution < 1.29 is 4.79 Å². The number of aryl methyl sites for hydroxylation is 1. The van der Waals surface area contributed by atoms with E-state index < -0.39 is 0 Å². The normalized spacial score (nSPS) is 10.3. The fourth-order valence-corrected chi connectivity index (χ4v) is 2.18. The maximum atomic E-state index is 11.9. The van der Waals surface area contributed by atoms with Crippen LogP contribution in [0, 0.1) is 6.92 Å². The first-order valence-electron chi connectivity index (χ1n) is 4.95. The molecule has 3 nitrogen and oxygen atoms in total. The number of anilines is 1. The molecule has 0 saturated carbocycles. The monoisotopic (exact) mass is 232 g/mol. The second kappa shape index (κ2) is 4.45. The average Bonchev–Trinajstić information content (AvgIpc) is 2.65. The maximum absolute atomic E-state index is 11.9. The van der Waals surface area contributed by atoms with Gasteiger partial charge in [0.15, 0.2) is 5.78 Å². The molecule has 0 radical (unpaired) electrons. The van der Waals surface area contributed by atoms with Crippen LogP contribution in [-0.4, -0.2) is 10.8 Å². The fourth-order valence-electron chi connectivity index (χ4n) is 1.39. The second-order valence-corrected chi connectivity index (χ2v) is 4.91. The quantitative estimate of drug-likeness (QED) is 0.653. The number of ketones is 1. The maximum Gasteiger partial charge on any atom is 0.169 e. The summed E-state index contributed by atoms with van der Waals surface area (Å²) in [6.45, 7) is 1.98. The van der Waals surface area contributed by atoms with E-state index in [4.69, 9.17) is 5.73 Å². The Hall–Kier alpha value is -1.68. The number of carbonyl (C=O) groups is 1. The van der Waals surface area contributed by atoms with Crippen molar-refractivity contribution in [3.05, 3.63) is 45.9 Å². The highest BCUT2D eigenvalue weighted by Gasteiger charge is 2.09. The Balaban J connectivity index is 2.11. The van der Waals surface area contributed by atoms with Gasteiger partial charge in [-0.1, -0.05) is 0 Å². The summed E-state index contributed by atoms with van der Waals surface area (Å²) in [5, 5.41) is 0.860. The number of benzene rings is 1. The van der Waals surface area contributed by atoms with Gasteiger partial charge in [-0.25, -0.2) is 4.98 Å². The number of nitrogens with zero attached hydrogens (tertiary/aromatic N) is 1. The lowest BCUT2D eigenvalue weighted by atomic mass is 10.1. The van der Waals surface area contributed by atoms with Crippen molar-refractivity contribution in [1.82, 2.24) is 4.98 Å². The number of hydrogen-bond acceptors (Lipinski definition) is 4. The van der Waals surface area contributed by atoms with Gasteiger partial charge in [0.1, 0.15) is 5.01 Å². The Bertz CT molecular complexity index is 502. The highest BCUT2D eigenvalue weighted by molar-refractivity contribution is 7.11. The summed E-state index contributed by atoms with van der Waals surface area (Å²) in [5.41, 5.74) is 6.91. The van der Waals surface area contributed by atoms with E-state index in [0.717, 1.165) is 9.88 Å². The van der Waals surface area contributed by atoms with E-state index in [2.05, 4.69) is 4.98 Å². The molecule has 2 aromatic rings. The van der Waals surface area contributed by atoms with Crippen LogP contribution < -0.4 is 5.73 Å². The SMILES string of the molecule is Cc1cnc(CC(=O)c2ccc(N)cc2)s1. The summed E-state index contributed by atoms with van der Waals surface area (Å²) in [6.07, 6.45) is 2.15. The van der Waals surface area contributed by atoms with Crippen LogP contribution in [0.15, 0.2) is 30.5 Å². The molecule has 0 amide bonds. The molecule has 4 heteroatoms. The molecule has 0 aliphatic carbocycles. The Labute approximate surface area is 97.9 Å². The largest absolute Gasteiger partial charge is 0.399 e. The van der Waals surface area contributed by atoms with Crippen LogP contribution in [0.2, 0.25) is 0 Å². The Morgan fingerprint density at radius 3 is 2.62 bits per heavy atom. The number of nitrogen functional groups attached to an aromatic ring is 1. The Morgan fingerprint density at radius 1 is 1.38 bits per heavy atom. The highest BCUT2D eigenvalue weighted by Crippen LogP contribution is 2.14. The minimum atomic E-state index is 0.0781. The molecule has 0 saturated heterocycles. The number of Topliss-reactive ketones (excluding diaryl/α,β-unsaturated/α-hetero) is 1. The molecular weight excluding hydrogens is 220 g/mol. The molecule has 0 atom stereocenters. The van der Waals surface area contributed by atoms with E-state index in [0.29, 0.717) is 17.7 Å². The third-order valence-electron chi connectivity index (χ3n) is 2.21. The van der Waals surface area contributed by atoms with E-state index in [-0.39, 0.29) is 5.78 Å². The molecule has 2 N–H and O–H groups in total. The van der Waals surface area contributed by atoms with Crippen LogP contribution in [-0.2, 0) is 6.42 Å². The van der Waals surface area contributed by atoms with Gasteiger partial charge < -0.3 is 5.73 Å². The van der Waals surface area contributed by atoms with Crippen molar-refractivity contribution in [2.45, 2.75) is 13.3 Å². The Kier molecular flexibility index (Phi) is 3.01. The molecule has 0 spiro atoms. The van der Waals surface area contributed by atoms with Gasteiger partial charge in [-0.2, -0.15) is 0 Å². The van der Waals surface area contributed by atoms with E-state index >= 15 is 0 Å². The summed E-state index contributed by atoms with van der Waals surface area (Å²) >= 11 is 1.56. The third kappa shape index (κ3) is 2.46. The van der Waals surface area contributed by atoms with Crippen molar-refractivity contribution in [3.8, 4) is 0 Å². The lowest BCUT2D eigenvalue weighted by Gasteiger charge is -1.99. The number of thiazole rings is 1. The summed E-state index contributed by atoms with van der Waals surface area (Å²) in [4.78, 5) is 17.2. The first kappa shape index (κ1) is 10.8. The second-order valence-electron chi connectivity index (χ2n) is 3.59. The van der Waals surface area contributed by atoms with Crippen molar-refractivity contribution in [1.29, 1.82) is 0 Å². The molecule has 1 aromatic heterocycles. The molecule has 16 heavy (non-hydrogen) atoms. The summed E-state index contributed by atoms with van der Waals surface area (Å²) in [6, 6.07) is 6.97. The van der Waals surface area contributed by atoms with Gasteiger partial charge in [0.05, 0.1) is 6.42 Å². The fraction of sp³-hybridized carbons (Fsp3) is 0.167. The van der Waals surface area contributed by atoms with Crippen LogP contribution in [0.25, 0.3) is 0 Å². The number of aromatic nitrogens is 1. The molecule has 0 aliphatic heterocycles. The molecule has 0 unspecified atom stereocenters. The van der Waals surface area contributed by atoms with Gasteiger partial charge in [0.2, 0.25) is 0 Å². The van der Waals surface area contributed by atoms with Gasteiger partial charge in [-0.3, -0.25) is 4.79 Å². The topological polar surface area (TPSA) is 56.0 Å². The molecule has 0 fully saturated rings. The minimum absolute atomic E-state index is 0.0781. The van der Waals surface area contributed by atoms with Gasteiger partial charge in [0.25, 0.3) is 0 Å². The summed E-state index contributed by atoms with van der Waals surface area (Å²) in [5.74, 6) is 0.0781.